The van der Waals surface area contributed by atoms with E-state index in [0.717, 1.165) is 11.1 Å². The Balaban J connectivity index is 2.22. The molecule has 1 amide bonds. The van der Waals surface area contributed by atoms with Gasteiger partial charge in [-0.3, -0.25) is 9.59 Å². The Morgan fingerprint density at radius 3 is 2.70 bits per heavy atom. The van der Waals surface area contributed by atoms with Crippen molar-refractivity contribution in [2.24, 2.45) is 0 Å². The van der Waals surface area contributed by atoms with E-state index in [1.165, 1.54) is 12.1 Å². The summed E-state index contributed by atoms with van der Waals surface area (Å²) >= 11 is 0. The van der Waals surface area contributed by atoms with Crippen LogP contribution in [0.5, 0.6) is 0 Å². The van der Waals surface area contributed by atoms with Gasteiger partial charge in [-0.1, -0.05) is 6.07 Å². The summed E-state index contributed by atoms with van der Waals surface area (Å²) in [4.78, 5) is 24.5. The van der Waals surface area contributed by atoms with E-state index in [2.05, 4.69) is 0 Å². The van der Waals surface area contributed by atoms with Gasteiger partial charge in [-0.05, 0) is 43.5 Å². The first-order valence-electron chi connectivity index (χ1n) is 6.71. The van der Waals surface area contributed by atoms with Gasteiger partial charge in [-0.15, -0.1) is 0 Å². The van der Waals surface area contributed by atoms with Crippen LogP contribution in [0, 0.1) is 5.82 Å². The van der Waals surface area contributed by atoms with Gasteiger partial charge in [0.05, 0.1) is 12.5 Å². The van der Waals surface area contributed by atoms with Crippen LogP contribution in [0.3, 0.4) is 0 Å². The molecule has 0 spiro atoms. The quantitative estimate of drug-likeness (QED) is 0.925. The van der Waals surface area contributed by atoms with Gasteiger partial charge in [0.15, 0.2) is 0 Å². The molecule has 0 fully saturated rings. The average molecular weight is 279 g/mol. The first-order valence-corrected chi connectivity index (χ1v) is 6.71. The lowest BCUT2D eigenvalue weighted by Crippen LogP contribution is -2.45. The maximum atomic E-state index is 13.3. The number of hydrogen-bond donors (Lipinski definition) is 1. The summed E-state index contributed by atoms with van der Waals surface area (Å²) in [6, 6.07) is 4.40. The van der Waals surface area contributed by atoms with Crippen molar-refractivity contribution in [3.05, 3.63) is 35.1 Å². The summed E-state index contributed by atoms with van der Waals surface area (Å²) < 4.78 is 13.3. The molecule has 1 aromatic rings. The Morgan fingerprint density at radius 1 is 1.35 bits per heavy atom. The monoisotopic (exact) mass is 279 g/mol. The Hall–Kier alpha value is -1.91. The standard InChI is InChI=1S/C15H18FNO3/c1-9-7-11-8-12(16)3-4-13(11)10(2)17(9)14(18)5-6-15(19)20/h3-4,8-10H,5-7H2,1-2H3,(H,19,20). The van der Waals surface area contributed by atoms with Crippen LogP contribution >= 0.6 is 0 Å². The number of amides is 1. The maximum absolute atomic E-state index is 13.3. The molecule has 0 aromatic heterocycles. The molecule has 20 heavy (non-hydrogen) atoms. The minimum absolute atomic E-state index is 0.000537. The van der Waals surface area contributed by atoms with E-state index in [4.69, 9.17) is 5.11 Å². The fourth-order valence-electron chi connectivity index (χ4n) is 2.91. The number of carboxylic acid groups (broad SMARTS) is 1. The highest BCUT2D eigenvalue weighted by Crippen LogP contribution is 2.33. The summed E-state index contributed by atoms with van der Waals surface area (Å²) in [6.45, 7) is 3.80. The zero-order chi connectivity index (χ0) is 14.9. The molecule has 1 N–H and O–H groups in total. The normalized spacial score (nSPS) is 21.4. The molecule has 0 saturated heterocycles. The third-order valence-electron chi connectivity index (χ3n) is 3.80. The second kappa shape index (κ2) is 5.61. The van der Waals surface area contributed by atoms with Crippen LogP contribution in [0.25, 0.3) is 0 Å². The predicted octanol–water partition coefficient (Wildman–Crippen LogP) is 2.52. The fraction of sp³-hybridized carbons (Fsp3) is 0.467. The molecule has 5 heteroatoms. The molecule has 108 valence electrons. The third kappa shape index (κ3) is 2.81. The predicted molar refractivity (Wildman–Crippen MR) is 71.7 cm³/mol. The summed E-state index contributed by atoms with van der Waals surface area (Å²) in [6.07, 6.45) is 0.432. The fourth-order valence-corrected chi connectivity index (χ4v) is 2.91. The van der Waals surface area contributed by atoms with Crippen molar-refractivity contribution in [2.75, 3.05) is 0 Å². The van der Waals surface area contributed by atoms with E-state index in [1.807, 2.05) is 13.8 Å². The molecule has 2 rings (SSSR count). The van der Waals surface area contributed by atoms with E-state index in [0.29, 0.717) is 6.42 Å². The highest BCUT2D eigenvalue weighted by atomic mass is 19.1. The molecule has 4 nitrogen and oxygen atoms in total. The first kappa shape index (κ1) is 14.5. The largest absolute Gasteiger partial charge is 0.481 e. The number of nitrogens with zero attached hydrogens (tertiary/aromatic N) is 1. The van der Waals surface area contributed by atoms with Crippen LogP contribution < -0.4 is 0 Å². The van der Waals surface area contributed by atoms with Gasteiger partial charge < -0.3 is 10.0 Å². The second-order valence-electron chi connectivity index (χ2n) is 5.27. The molecule has 1 aliphatic rings. The Morgan fingerprint density at radius 2 is 2.05 bits per heavy atom. The maximum Gasteiger partial charge on any atom is 0.303 e. The van der Waals surface area contributed by atoms with Crippen LogP contribution in [0.15, 0.2) is 18.2 Å². The first-order chi connectivity index (χ1) is 9.40. The average Bonchev–Trinajstić information content (AvgIpc) is 2.35. The minimum Gasteiger partial charge on any atom is -0.481 e. The number of rotatable bonds is 3. The lowest BCUT2D eigenvalue weighted by molar-refractivity contribution is -0.143. The molecule has 0 radical (unpaired) electrons. The summed E-state index contributed by atoms with van der Waals surface area (Å²) in [5, 5.41) is 8.67. The van der Waals surface area contributed by atoms with Gasteiger partial charge in [0.25, 0.3) is 0 Å². The molecule has 2 unspecified atom stereocenters. The zero-order valence-electron chi connectivity index (χ0n) is 11.6. The number of carboxylic acids is 1. The Kier molecular flexibility index (Phi) is 4.06. The highest BCUT2D eigenvalue weighted by Gasteiger charge is 2.32. The van der Waals surface area contributed by atoms with Gasteiger partial charge in [0.1, 0.15) is 5.82 Å². The number of benzene rings is 1. The number of hydrogen-bond acceptors (Lipinski definition) is 2. The van der Waals surface area contributed by atoms with E-state index in [1.54, 1.807) is 11.0 Å². The summed E-state index contributed by atoms with van der Waals surface area (Å²) in [7, 11) is 0. The second-order valence-corrected chi connectivity index (χ2v) is 5.27. The SMILES string of the molecule is CC1Cc2cc(F)ccc2C(C)N1C(=O)CCC(=O)O. The number of aliphatic carboxylic acids is 1. The topological polar surface area (TPSA) is 57.6 Å². The van der Waals surface area contributed by atoms with Crippen molar-refractivity contribution >= 4 is 11.9 Å². The highest BCUT2D eigenvalue weighted by molar-refractivity contribution is 5.81. The lowest BCUT2D eigenvalue weighted by Gasteiger charge is -2.40. The molecule has 0 bridgehead atoms. The molecule has 0 aliphatic carbocycles. The van der Waals surface area contributed by atoms with Crippen molar-refractivity contribution in [1.82, 2.24) is 4.90 Å². The van der Waals surface area contributed by atoms with E-state index in [9.17, 15) is 14.0 Å². The molecular weight excluding hydrogens is 261 g/mol. The van der Waals surface area contributed by atoms with Crippen molar-refractivity contribution in [2.45, 2.75) is 45.2 Å². The number of carbonyl (C=O) groups excluding carboxylic acids is 1. The molecule has 2 atom stereocenters. The van der Waals surface area contributed by atoms with Crippen molar-refractivity contribution < 1.29 is 19.1 Å². The van der Waals surface area contributed by atoms with Gasteiger partial charge >= 0.3 is 5.97 Å². The van der Waals surface area contributed by atoms with E-state index >= 15 is 0 Å². The Labute approximate surface area is 117 Å². The van der Waals surface area contributed by atoms with E-state index in [-0.39, 0.29) is 36.6 Å². The summed E-state index contributed by atoms with van der Waals surface area (Å²) in [5.41, 5.74) is 1.86. The van der Waals surface area contributed by atoms with Crippen LogP contribution in [-0.2, 0) is 16.0 Å². The lowest BCUT2D eigenvalue weighted by atomic mass is 9.89. The molecule has 1 aliphatic heterocycles. The molecule has 1 aromatic carbocycles. The molecule has 0 saturated carbocycles. The zero-order valence-corrected chi connectivity index (χ0v) is 11.6. The third-order valence-corrected chi connectivity index (χ3v) is 3.80. The van der Waals surface area contributed by atoms with Crippen LogP contribution in [0.1, 0.15) is 43.9 Å². The van der Waals surface area contributed by atoms with Crippen LogP contribution in [0.4, 0.5) is 4.39 Å². The van der Waals surface area contributed by atoms with Crippen LogP contribution in [0.2, 0.25) is 0 Å². The molecular formula is C15H18FNO3. The van der Waals surface area contributed by atoms with Gasteiger partial charge in [0, 0.05) is 12.5 Å². The number of halogens is 1. The smallest absolute Gasteiger partial charge is 0.303 e. The minimum atomic E-state index is -0.974. The van der Waals surface area contributed by atoms with Gasteiger partial charge in [-0.25, -0.2) is 4.39 Å². The Bertz CT molecular complexity index is 544. The molecule has 1 heterocycles. The van der Waals surface area contributed by atoms with Gasteiger partial charge in [-0.2, -0.15) is 0 Å². The van der Waals surface area contributed by atoms with Crippen LogP contribution in [-0.4, -0.2) is 27.9 Å². The number of carbonyl (C=O) groups is 2. The van der Waals surface area contributed by atoms with Crippen molar-refractivity contribution in [3.63, 3.8) is 0 Å². The van der Waals surface area contributed by atoms with E-state index < -0.39 is 5.97 Å². The van der Waals surface area contributed by atoms with Gasteiger partial charge in [0.2, 0.25) is 5.91 Å². The summed E-state index contributed by atoms with van der Waals surface area (Å²) in [5.74, 6) is -1.41. The van der Waals surface area contributed by atoms with Crippen molar-refractivity contribution in [1.29, 1.82) is 0 Å². The number of fused-ring (bicyclic) bond motifs is 1. The van der Waals surface area contributed by atoms with Crippen molar-refractivity contribution in [3.8, 4) is 0 Å².